The summed E-state index contributed by atoms with van der Waals surface area (Å²) in [5.41, 5.74) is 2.40. The van der Waals surface area contributed by atoms with Crippen LogP contribution < -0.4 is 0 Å². The summed E-state index contributed by atoms with van der Waals surface area (Å²) in [6.07, 6.45) is 5.83. The topological polar surface area (TPSA) is 42.4 Å². The van der Waals surface area contributed by atoms with Crippen LogP contribution in [-0.4, -0.2) is 41.6 Å². The maximum Gasteiger partial charge on any atom is 0.340 e. The molecule has 4 aliphatic rings. The second-order valence-corrected chi connectivity index (χ2v) is 8.35. The molecule has 4 heterocycles. The van der Waals surface area contributed by atoms with Gasteiger partial charge in [-0.25, -0.2) is 4.79 Å². The van der Waals surface area contributed by atoms with Crippen molar-refractivity contribution >= 4 is 17.6 Å². The molecule has 1 aliphatic carbocycles. The number of benzene rings is 1. The Hall–Kier alpha value is -1.91. The molecule has 1 aromatic heterocycles. The molecule has 0 N–H and O–H groups in total. The van der Waals surface area contributed by atoms with Crippen LogP contribution in [0.2, 0.25) is 5.02 Å². The second kappa shape index (κ2) is 6.36. The van der Waals surface area contributed by atoms with Gasteiger partial charge in [0.25, 0.3) is 0 Å². The number of carbonyl (C=O) groups excluding carboxylic acids is 1. The van der Waals surface area contributed by atoms with E-state index < -0.39 is 0 Å². The van der Waals surface area contributed by atoms with Crippen molar-refractivity contribution in [1.29, 1.82) is 0 Å². The summed E-state index contributed by atoms with van der Waals surface area (Å²) in [5.74, 6) is 1.55. The molecule has 4 bridgehead atoms. The monoisotopic (exact) mass is 368 g/mol. The molecule has 6 rings (SSSR count). The number of nitrogens with zero attached hydrogens (tertiary/aromatic N) is 2. The van der Waals surface area contributed by atoms with Gasteiger partial charge in [-0.2, -0.15) is 0 Å². The van der Waals surface area contributed by atoms with E-state index in [0.29, 0.717) is 22.4 Å². The van der Waals surface area contributed by atoms with Crippen molar-refractivity contribution in [2.45, 2.75) is 18.9 Å². The van der Waals surface area contributed by atoms with Crippen molar-refractivity contribution in [3.63, 3.8) is 0 Å². The Bertz CT molecular complexity index is 808. The lowest BCUT2D eigenvalue weighted by atomic mass is 9.66. The van der Waals surface area contributed by atoms with Crippen LogP contribution in [0, 0.1) is 17.8 Å². The van der Waals surface area contributed by atoms with Crippen LogP contribution in [-0.2, 0) is 4.74 Å². The molecule has 0 radical (unpaired) electrons. The average molecular weight is 369 g/mol. The van der Waals surface area contributed by atoms with E-state index in [-0.39, 0.29) is 12.1 Å². The third kappa shape index (κ3) is 2.91. The molecule has 4 nitrogen and oxygen atoms in total. The molecule has 1 saturated carbocycles. The van der Waals surface area contributed by atoms with E-state index in [0.717, 1.165) is 30.1 Å². The first-order chi connectivity index (χ1) is 12.7. The minimum absolute atomic E-state index is 0.0643. The minimum atomic E-state index is -0.249. The Morgan fingerprint density at radius 3 is 2.46 bits per heavy atom. The van der Waals surface area contributed by atoms with Gasteiger partial charge in [0.05, 0.1) is 5.56 Å². The molecule has 5 heteroatoms. The number of piperidine rings is 3. The Morgan fingerprint density at radius 2 is 1.77 bits per heavy atom. The summed E-state index contributed by atoms with van der Waals surface area (Å²) < 4.78 is 6.00. The molecule has 26 heavy (non-hydrogen) atoms. The van der Waals surface area contributed by atoms with Crippen LogP contribution >= 0.6 is 11.6 Å². The van der Waals surface area contributed by atoms with Crippen molar-refractivity contribution in [2.75, 3.05) is 19.6 Å². The predicted octanol–water partition coefficient (Wildman–Crippen LogP) is 3.90. The van der Waals surface area contributed by atoms with Crippen LogP contribution in [0.4, 0.5) is 0 Å². The zero-order valence-corrected chi connectivity index (χ0v) is 15.2. The lowest BCUT2D eigenvalue weighted by Crippen LogP contribution is -2.60. The van der Waals surface area contributed by atoms with Crippen molar-refractivity contribution in [1.82, 2.24) is 9.88 Å². The number of carbonyl (C=O) groups is 1. The number of rotatable bonds is 3. The fourth-order valence-electron chi connectivity index (χ4n) is 5.10. The zero-order valence-electron chi connectivity index (χ0n) is 14.5. The summed E-state index contributed by atoms with van der Waals surface area (Å²) in [5, 5.41) is 0.690. The van der Waals surface area contributed by atoms with E-state index >= 15 is 0 Å². The number of esters is 1. The van der Waals surface area contributed by atoms with E-state index in [4.69, 9.17) is 16.3 Å². The smallest absolute Gasteiger partial charge is 0.340 e. The highest BCUT2D eigenvalue weighted by Crippen LogP contribution is 2.45. The fourth-order valence-corrected chi connectivity index (χ4v) is 5.23. The van der Waals surface area contributed by atoms with Gasteiger partial charge in [0.2, 0.25) is 0 Å². The van der Waals surface area contributed by atoms with E-state index in [1.165, 1.54) is 19.4 Å². The maximum atomic E-state index is 12.8. The summed E-state index contributed by atoms with van der Waals surface area (Å²) >= 11 is 5.96. The standard InChI is InChI=1S/C21H21ClN2O2/c22-19-3-1-14(2-4-19)15-7-16(9-23-8-15)21(25)26-20-17-5-13-6-18(20)12-24(10-13)11-17/h1-4,7-9,13,17-18,20H,5-6,10-12H2/t13?,17-,18-,20?/m0/s1. The first-order valence-electron chi connectivity index (χ1n) is 9.30. The van der Waals surface area contributed by atoms with E-state index in [1.54, 1.807) is 12.4 Å². The Morgan fingerprint density at radius 1 is 1.04 bits per heavy atom. The van der Waals surface area contributed by atoms with Crippen LogP contribution in [0.3, 0.4) is 0 Å². The molecule has 0 spiro atoms. The lowest BCUT2D eigenvalue weighted by molar-refractivity contribution is -0.116. The highest BCUT2D eigenvalue weighted by atomic mass is 35.5. The Kier molecular flexibility index (Phi) is 3.98. The minimum Gasteiger partial charge on any atom is -0.458 e. The molecule has 2 aromatic rings. The summed E-state index contributed by atoms with van der Waals surface area (Å²) in [4.78, 5) is 19.6. The average Bonchev–Trinajstić information content (AvgIpc) is 2.65. The largest absolute Gasteiger partial charge is 0.458 e. The molecule has 1 aromatic carbocycles. The van der Waals surface area contributed by atoms with Crippen molar-refractivity contribution < 1.29 is 9.53 Å². The van der Waals surface area contributed by atoms with Crippen molar-refractivity contribution in [3.05, 3.63) is 53.3 Å². The van der Waals surface area contributed by atoms with Crippen molar-refractivity contribution in [2.24, 2.45) is 17.8 Å². The Balaban J connectivity index is 1.34. The molecule has 4 fully saturated rings. The van der Waals surface area contributed by atoms with Crippen LogP contribution in [0.15, 0.2) is 42.7 Å². The first kappa shape index (κ1) is 16.3. The molecule has 0 unspecified atom stereocenters. The van der Waals surface area contributed by atoms with Gasteiger partial charge in [-0.05, 0) is 42.5 Å². The molecule has 2 atom stereocenters. The number of hydrogen-bond acceptors (Lipinski definition) is 4. The summed E-state index contributed by atoms with van der Waals surface area (Å²) in [7, 11) is 0. The number of halogens is 1. The SMILES string of the molecule is O=C(OC1[C@H]2CC3C[C@H]1CN(C3)C2)c1cncc(-c2ccc(Cl)cc2)c1. The zero-order chi connectivity index (χ0) is 17.7. The van der Waals surface area contributed by atoms with Gasteiger partial charge in [0.1, 0.15) is 6.10 Å². The van der Waals surface area contributed by atoms with Gasteiger partial charge in [-0.15, -0.1) is 0 Å². The second-order valence-electron chi connectivity index (χ2n) is 7.92. The molecular weight excluding hydrogens is 348 g/mol. The van der Waals surface area contributed by atoms with Crippen LogP contribution in [0.25, 0.3) is 11.1 Å². The molecular formula is C21H21ClN2O2. The third-order valence-electron chi connectivity index (χ3n) is 6.10. The summed E-state index contributed by atoms with van der Waals surface area (Å²) in [6, 6.07) is 9.40. The maximum absolute atomic E-state index is 12.8. The van der Waals surface area contributed by atoms with Crippen LogP contribution in [0.1, 0.15) is 23.2 Å². The predicted molar refractivity (Wildman–Crippen MR) is 100 cm³/mol. The third-order valence-corrected chi connectivity index (χ3v) is 6.35. The Labute approximate surface area is 158 Å². The van der Waals surface area contributed by atoms with Crippen LogP contribution in [0.5, 0.6) is 0 Å². The number of ether oxygens (including phenoxy) is 1. The van der Waals surface area contributed by atoms with Crippen molar-refractivity contribution in [3.8, 4) is 11.1 Å². The fraction of sp³-hybridized carbons (Fsp3) is 0.429. The molecule has 3 aliphatic heterocycles. The van der Waals surface area contributed by atoms with Gasteiger partial charge in [0.15, 0.2) is 0 Å². The quantitative estimate of drug-likeness (QED) is 0.770. The summed E-state index contributed by atoms with van der Waals surface area (Å²) in [6.45, 7) is 3.39. The van der Waals surface area contributed by atoms with Gasteiger partial charge in [-0.3, -0.25) is 4.98 Å². The number of hydrogen-bond donors (Lipinski definition) is 0. The molecule has 3 saturated heterocycles. The highest BCUT2D eigenvalue weighted by molar-refractivity contribution is 6.30. The normalized spacial score (nSPS) is 31.8. The van der Waals surface area contributed by atoms with Gasteiger partial charge in [0, 0.05) is 54.4 Å². The number of aromatic nitrogens is 1. The van der Waals surface area contributed by atoms with E-state index in [2.05, 4.69) is 9.88 Å². The van der Waals surface area contributed by atoms with Gasteiger partial charge < -0.3 is 9.64 Å². The van der Waals surface area contributed by atoms with E-state index in [1.807, 2.05) is 30.3 Å². The van der Waals surface area contributed by atoms with Gasteiger partial charge in [-0.1, -0.05) is 23.7 Å². The van der Waals surface area contributed by atoms with E-state index in [9.17, 15) is 4.79 Å². The number of pyridine rings is 1. The first-order valence-corrected chi connectivity index (χ1v) is 9.68. The molecule has 134 valence electrons. The van der Waals surface area contributed by atoms with Gasteiger partial charge >= 0.3 is 5.97 Å². The molecule has 0 amide bonds. The lowest BCUT2D eigenvalue weighted by Gasteiger charge is -2.55. The highest BCUT2D eigenvalue weighted by Gasteiger charge is 2.49.